The highest BCUT2D eigenvalue weighted by molar-refractivity contribution is 5.92. The van der Waals surface area contributed by atoms with Gasteiger partial charge in [-0.15, -0.1) is 5.10 Å². The van der Waals surface area contributed by atoms with Gasteiger partial charge in [0.05, 0.1) is 12.2 Å². The molecule has 2 saturated heterocycles. The minimum atomic E-state index is 0.0279. The van der Waals surface area contributed by atoms with Crippen LogP contribution >= 0.6 is 0 Å². The van der Waals surface area contributed by atoms with Gasteiger partial charge in [0.2, 0.25) is 0 Å². The van der Waals surface area contributed by atoms with Crippen molar-refractivity contribution in [3.05, 3.63) is 47.8 Å². The van der Waals surface area contributed by atoms with Gasteiger partial charge in [0.15, 0.2) is 5.69 Å². The van der Waals surface area contributed by atoms with Crippen LogP contribution in [0.15, 0.2) is 36.5 Å². The Morgan fingerprint density at radius 1 is 1.19 bits per heavy atom. The molecule has 1 aromatic carbocycles. The highest BCUT2D eigenvalue weighted by Crippen LogP contribution is 2.35. The van der Waals surface area contributed by atoms with Gasteiger partial charge in [0, 0.05) is 13.1 Å². The summed E-state index contributed by atoms with van der Waals surface area (Å²) in [6.45, 7) is 5.81. The molecule has 0 bridgehead atoms. The van der Waals surface area contributed by atoms with E-state index in [1.54, 1.807) is 0 Å². The molecule has 6 heteroatoms. The van der Waals surface area contributed by atoms with Crippen molar-refractivity contribution in [2.45, 2.75) is 44.6 Å². The Hall–Kier alpha value is -2.21. The zero-order valence-electron chi connectivity index (χ0n) is 16.1. The van der Waals surface area contributed by atoms with E-state index in [0.717, 1.165) is 51.9 Å². The molecule has 2 aromatic rings. The molecule has 1 aromatic heterocycles. The molecule has 2 aliphatic heterocycles. The Balaban J connectivity index is 1.43. The average Bonchev–Trinajstić information content (AvgIpc) is 3.24. The fourth-order valence-electron chi connectivity index (χ4n) is 4.56. The summed E-state index contributed by atoms with van der Waals surface area (Å²) in [5.41, 5.74) is 1.88. The second-order valence-electron chi connectivity index (χ2n) is 7.79. The molecule has 3 heterocycles. The number of rotatable bonds is 4. The number of piperidine rings is 2. The molecule has 2 fully saturated rings. The quantitative estimate of drug-likeness (QED) is 0.903. The largest absolute Gasteiger partial charge is 0.337 e. The second kappa shape index (κ2) is 8.21. The molecule has 0 spiro atoms. The summed E-state index contributed by atoms with van der Waals surface area (Å²) in [5.74, 6) is 1.05. The summed E-state index contributed by atoms with van der Waals surface area (Å²) in [7, 11) is 0. The Morgan fingerprint density at radius 2 is 1.96 bits per heavy atom. The van der Waals surface area contributed by atoms with Crippen LogP contribution in [0.3, 0.4) is 0 Å². The van der Waals surface area contributed by atoms with Crippen LogP contribution < -0.4 is 5.32 Å². The third-order valence-corrected chi connectivity index (χ3v) is 6.19. The van der Waals surface area contributed by atoms with Crippen LogP contribution in [0.25, 0.3) is 0 Å². The Morgan fingerprint density at radius 3 is 2.70 bits per heavy atom. The highest BCUT2D eigenvalue weighted by atomic mass is 16.2. The van der Waals surface area contributed by atoms with Crippen molar-refractivity contribution in [2.75, 3.05) is 26.2 Å². The van der Waals surface area contributed by atoms with E-state index in [9.17, 15) is 4.79 Å². The minimum absolute atomic E-state index is 0.0279. The number of likely N-dealkylation sites (tertiary alicyclic amines) is 1. The molecule has 6 nitrogen and oxygen atoms in total. The first kappa shape index (κ1) is 18.2. The molecule has 0 radical (unpaired) electrons. The molecular formula is C21H29N5O. The topological polar surface area (TPSA) is 63.1 Å². The third kappa shape index (κ3) is 3.90. The highest BCUT2D eigenvalue weighted by Gasteiger charge is 2.32. The van der Waals surface area contributed by atoms with Crippen molar-refractivity contribution >= 4 is 5.91 Å². The maximum absolute atomic E-state index is 13.0. The lowest BCUT2D eigenvalue weighted by atomic mass is 9.79. The monoisotopic (exact) mass is 367 g/mol. The smallest absolute Gasteiger partial charge is 0.276 e. The predicted molar refractivity (Wildman–Crippen MR) is 105 cm³/mol. The first-order valence-electron chi connectivity index (χ1n) is 10.2. The Bertz CT molecular complexity index is 753. The standard InChI is InChI=1S/C21H29N5O/c1-2-16-14-25(13-10-19(16)17-6-4-3-5-7-17)21(27)20-15-26(24-23-20)18-8-11-22-12-9-18/h3-7,15-16,18-19,22H,2,8-14H2,1H3. The first-order valence-corrected chi connectivity index (χ1v) is 10.2. The van der Waals surface area contributed by atoms with E-state index in [4.69, 9.17) is 0 Å². The van der Waals surface area contributed by atoms with Crippen LogP contribution in [0.2, 0.25) is 0 Å². The molecular weight excluding hydrogens is 338 g/mol. The average molecular weight is 367 g/mol. The van der Waals surface area contributed by atoms with E-state index in [-0.39, 0.29) is 5.91 Å². The van der Waals surface area contributed by atoms with Gasteiger partial charge in [-0.25, -0.2) is 4.68 Å². The predicted octanol–water partition coefficient (Wildman–Crippen LogP) is 2.86. The number of hydrogen-bond acceptors (Lipinski definition) is 4. The lowest BCUT2D eigenvalue weighted by molar-refractivity contribution is 0.0639. The summed E-state index contributed by atoms with van der Waals surface area (Å²) in [4.78, 5) is 15.0. The van der Waals surface area contributed by atoms with E-state index in [0.29, 0.717) is 23.6 Å². The lowest BCUT2D eigenvalue weighted by Crippen LogP contribution is -2.43. The van der Waals surface area contributed by atoms with Gasteiger partial charge < -0.3 is 10.2 Å². The molecule has 1 N–H and O–H groups in total. The number of carbonyl (C=O) groups is 1. The van der Waals surface area contributed by atoms with Gasteiger partial charge in [-0.1, -0.05) is 48.9 Å². The van der Waals surface area contributed by atoms with Gasteiger partial charge in [0.1, 0.15) is 0 Å². The summed E-state index contributed by atoms with van der Waals surface area (Å²) in [5, 5.41) is 11.8. The first-order chi connectivity index (χ1) is 13.3. The van der Waals surface area contributed by atoms with E-state index < -0.39 is 0 Å². The maximum atomic E-state index is 13.0. The van der Waals surface area contributed by atoms with Crippen molar-refractivity contribution in [3.8, 4) is 0 Å². The number of carbonyl (C=O) groups excluding carboxylic acids is 1. The number of amides is 1. The molecule has 0 aliphatic carbocycles. The Labute approximate surface area is 160 Å². The van der Waals surface area contributed by atoms with Crippen LogP contribution in [-0.2, 0) is 0 Å². The molecule has 2 atom stereocenters. The van der Waals surface area contributed by atoms with Gasteiger partial charge in [0.25, 0.3) is 5.91 Å². The molecule has 2 unspecified atom stereocenters. The van der Waals surface area contributed by atoms with E-state index in [1.165, 1.54) is 5.56 Å². The van der Waals surface area contributed by atoms with Gasteiger partial charge in [-0.3, -0.25) is 4.79 Å². The second-order valence-corrected chi connectivity index (χ2v) is 7.79. The van der Waals surface area contributed by atoms with Gasteiger partial charge in [-0.05, 0) is 49.8 Å². The number of nitrogens with one attached hydrogen (secondary N) is 1. The molecule has 0 saturated carbocycles. The fourth-order valence-corrected chi connectivity index (χ4v) is 4.56. The van der Waals surface area contributed by atoms with Crippen LogP contribution in [0.5, 0.6) is 0 Å². The van der Waals surface area contributed by atoms with Crippen molar-refractivity contribution in [1.29, 1.82) is 0 Å². The van der Waals surface area contributed by atoms with E-state index >= 15 is 0 Å². The summed E-state index contributed by atoms with van der Waals surface area (Å²) in [6, 6.07) is 11.1. The number of hydrogen-bond donors (Lipinski definition) is 1. The molecule has 27 heavy (non-hydrogen) atoms. The van der Waals surface area contributed by atoms with Crippen LogP contribution in [0, 0.1) is 5.92 Å². The minimum Gasteiger partial charge on any atom is -0.337 e. The maximum Gasteiger partial charge on any atom is 0.276 e. The van der Waals surface area contributed by atoms with E-state index in [2.05, 4.69) is 52.9 Å². The molecule has 4 rings (SSSR count). The van der Waals surface area contributed by atoms with Crippen molar-refractivity contribution in [2.24, 2.45) is 5.92 Å². The number of benzene rings is 1. The van der Waals surface area contributed by atoms with Crippen molar-refractivity contribution < 1.29 is 4.79 Å². The van der Waals surface area contributed by atoms with E-state index in [1.807, 2.05) is 15.8 Å². The summed E-state index contributed by atoms with van der Waals surface area (Å²) < 4.78 is 1.89. The van der Waals surface area contributed by atoms with Crippen molar-refractivity contribution in [3.63, 3.8) is 0 Å². The summed E-state index contributed by atoms with van der Waals surface area (Å²) >= 11 is 0. The van der Waals surface area contributed by atoms with Crippen LogP contribution in [0.1, 0.15) is 60.6 Å². The van der Waals surface area contributed by atoms with Gasteiger partial charge >= 0.3 is 0 Å². The zero-order chi connectivity index (χ0) is 18.6. The molecule has 144 valence electrons. The third-order valence-electron chi connectivity index (χ3n) is 6.19. The normalized spacial score (nSPS) is 24.1. The SMILES string of the molecule is CCC1CN(C(=O)c2cn(C3CCNCC3)nn2)CCC1c1ccccc1. The van der Waals surface area contributed by atoms with Gasteiger partial charge in [-0.2, -0.15) is 0 Å². The Kier molecular flexibility index (Phi) is 5.53. The number of aromatic nitrogens is 3. The lowest BCUT2D eigenvalue weighted by Gasteiger charge is -2.38. The zero-order valence-corrected chi connectivity index (χ0v) is 16.1. The van der Waals surface area contributed by atoms with Crippen LogP contribution in [0.4, 0.5) is 0 Å². The van der Waals surface area contributed by atoms with Crippen LogP contribution in [-0.4, -0.2) is 52.0 Å². The number of nitrogens with zero attached hydrogens (tertiary/aromatic N) is 4. The fraction of sp³-hybridized carbons (Fsp3) is 0.571. The summed E-state index contributed by atoms with van der Waals surface area (Å²) in [6.07, 6.45) is 6.01. The van der Waals surface area contributed by atoms with Crippen molar-refractivity contribution in [1.82, 2.24) is 25.2 Å². The molecule has 1 amide bonds. The molecule has 2 aliphatic rings.